The van der Waals surface area contributed by atoms with Crippen molar-refractivity contribution in [2.24, 2.45) is 0 Å². The topological polar surface area (TPSA) is 12.0 Å². The largest absolute Gasteiger partial charge is 0.310 e. The summed E-state index contributed by atoms with van der Waals surface area (Å²) in [5.41, 5.74) is 3.16. The fraction of sp³-hybridized carbons (Fsp3) is 0.571. The maximum absolute atomic E-state index is 3.55. The molecular formula is C14H21N. The minimum absolute atomic E-state index is 0.259. The van der Waals surface area contributed by atoms with Crippen LogP contribution in [0.2, 0.25) is 0 Å². The van der Waals surface area contributed by atoms with Gasteiger partial charge in [-0.15, -0.1) is 0 Å². The third-order valence-corrected chi connectivity index (χ3v) is 3.22. The molecule has 1 unspecified atom stereocenters. The van der Waals surface area contributed by atoms with Crippen molar-refractivity contribution in [1.29, 1.82) is 0 Å². The summed E-state index contributed by atoms with van der Waals surface area (Å²) in [7, 11) is 0. The Morgan fingerprint density at radius 1 is 1.27 bits per heavy atom. The zero-order valence-corrected chi connectivity index (χ0v) is 10.0. The van der Waals surface area contributed by atoms with Crippen LogP contribution >= 0.6 is 0 Å². The third-order valence-electron chi connectivity index (χ3n) is 3.22. The third kappa shape index (κ3) is 2.40. The predicted octanol–water partition coefficient (Wildman–Crippen LogP) is 3.41. The SMILES string of the molecule is CC(C)(C)c1cccc(C2CCCN2)c1. The number of hydrogen-bond acceptors (Lipinski definition) is 1. The summed E-state index contributed by atoms with van der Waals surface area (Å²) in [6.45, 7) is 7.99. The van der Waals surface area contributed by atoms with Crippen LogP contribution in [0.1, 0.15) is 50.8 Å². The Hall–Kier alpha value is -0.820. The number of benzene rings is 1. The van der Waals surface area contributed by atoms with Crippen molar-refractivity contribution in [3.8, 4) is 0 Å². The lowest BCUT2D eigenvalue weighted by Crippen LogP contribution is -2.15. The Morgan fingerprint density at radius 3 is 2.67 bits per heavy atom. The Morgan fingerprint density at radius 2 is 2.07 bits per heavy atom. The molecule has 0 aliphatic carbocycles. The molecule has 1 nitrogen and oxygen atoms in total. The normalized spacial score (nSPS) is 21.9. The van der Waals surface area contributed by atoms with Gasteiger partial charge in [0.2, 0.25) is 0 Å². The molecule has 1 fully saturated rings. The number of hydrogen-bond donors (Lipinski definition) is 1. The van der Waals surface area contributed by atoms with Gasteiger partial charge in [0.15, 0.2) is 0 Å². The van der Waals surface area contributed by atoms with Crippen LogP contribution in [0.15, 0.2) is 24.3 Å². The van der Waals surface area contributed by atoms with Gasteiger partial charge in [-0.05, 0) is 35.9 Å². The first-order valence-corrected chi connectivity index (χ1v) is 5.91. The van der Waals surface area contributed by atoms with E-state index in [2.05, 4.69) is 50.4 Å². The first-order valence-electron chi connectivity index (χ1n) is 5.91. The molecule has 82 valence electrons. The summed E-state index contributed by atoms with van der Waals surface area (Å²) < 4.78 is 0. The van der Waals surface area contributed by atoms with Gasteiger partial charge in [0.1, 0.15) is 0 Å². The van der Waals surface area contributed by atoms with Crippen LogP contribution in [-0.2, 0) is 5.41 Å². The molecule has 0 bridgehead atoms. The molecule has 0 radical (unpaired) electrons. The van der Waals surface area contributed by atoms with Gasteiger partial charge in [0.05, 0.1) is 0 Å². The highest BCUT2D eigenvalue weighted by Crippen LogP contribution is 2.28. The van der Waals surface area contributed by atoms with Crippen LogP contribution in [0, 0.1) is 0 Å². The zero-order valence-electron chi connectivity index (χ0n) is 10.0. The fourth-order valence-corrected chi connectivity index (χ4v) is 2.19. The summed E-state index contributed by atoms with van der Waals surface area (Å²) in [5, 5.41) is 3.55. The van der Waals surface area contributed by atoms with Crippen LogP contribution in [0.25, 0.3) is 0 Å². The van der Waals surface area contributed by atoms with Crippen LogP contribution < -0.4 is 5.32 Å². The maximum atomic E-state index is 3.55. The van der Waals surface area contributed by atoms with Crippen molar-refractivity contribution in [3.63, 3.8) is 0 Å². The quantitative estimate of drug-likeness (QED) is 0.737. The number of rotatable bonds is 1. The molecule has 0 amide bonds. The lowest BCUT2D eigenvalue weighted by Gasteiger charge is -2.21. The maximum Gasteiger partial charge on any atom is 0.0320 e. The summed E-state index contributed by atoms with van der Waals surface area (Å²) in [6, 6.07) is 9.63. The van der Waals surface area contributed by atoms with Gasteiger partial charge in [-0.1, -0.05) is 45.0 Å². The van der Waals surface area contributed by atoms with E-state index >= 15 is 0 Å². The molecule has 1 heterocycles. The molecular weight excluding hydrogens is 182 g/mol. The van der Waals surface area contributed by atoms with E-state index in [1.165, 1.54) is 30.5 Å². The fourth-order valence-electron chi connectivity index (χ4n) is 2.19. The van der Waals surface area contributed by atoms with Crippen molar-refractivity contribution in [2.45, 2.75) is 45.1 Å². The molecule has 15 heavy (non-hydrogen) atoms. The van der Waals surface area contributed by atoms with E-state index in [4.69, 9.17) is 0 Å². The average molecular weight is 203 g/mol. The predicted molar refractivity (Wildman–Crippen MR) is 65.1 cm³/mol. The Labute approximate surface area is 92.9 Å². The molecule has 0 aromatic heterocycles. The second-order valence-corrected chi connectivity index (χ2v) is 5.52. The molecule has 1 aromatic carbocycles. The molecule has 2 rings (SSSR count). The van der Waals surface area contributed by atoms with Crippen molar-refractivity contribution < 1.29 is 0 Å². The second-order valence-electron chi connectivity index (χ2n) is 5.52. The summed E-state index contributed by atoms with van der Waals surface area (Å²) >= 11 is 0. The minimum atomic E-state index is 0.259. The standard InChI is InChI=1S/C14H21N/c1-14(2,3)12-7-4-6-11(10-12)13-8-5-9-15-13/h4,6-7,10,13,15H,5,8-9H2,1-3H3. The van der Waals surface area contributed by atoms with E-state index in [0.29, 0.717) is 6.04 Å². The van der Waals surface area contributed by atoms with Gasteiger partial charge in [-0.3, -0.25) is 0 Å². The Balaban J connectivity index is 2.26. The smallest absolute Gasteiger partial charge is 0.0320 e. The first kappa shape index (κ1) is 10.7. The van der Waals surface area contributed by atoms with Gasteiger partial charge >= 0.3 is 0 Å². The highest BCUT2D eigenvalue weighted by atomic mass is 14.9. The van der Waals surface area contributed by atoms with E-state index in [1.807, 2.05) is 0 Å². The van der Waals surface area contributed by atoms with Gasteiger partial charge in [0, 0.05) is 6.04 Å². The summed E-state index contributed by atoms with van der Waals surface area (Å²) in [5.74, 6) is 0. The molecule has 1 aliphatic rings. The van der Waals surface area contributed by atoms with Gasteiger partial charge in [0.25, 0.3) is 0 Å². The highest BCUT2D eigenvalue weighted by Gasteiger charge is 2.19. The Bertz CT molecular complexity index is 329. The van der Waals surface area contributed by atoms with E-state index < -0.39 is 0 Å². The molecule has 1 aromatic rings. The summed E-state index contributed by atoms with van der Waals surface area (Å²) in [6.07, 6.45) is 2.60. The van der Waals surface area contributed by atoms with Crippen molar-refractivity contribution in [2.75, 3.05) is 6.54 Å². The molecule has 0 spiro atoms. The van der Waals surface area contributed by atoms with E-state index in [-0.39, 0.29) is 5.41 Å². The van der Waals surface area contributed by atoms with Crippen LogP contribution in [0.4, 0.5) is 0 Å². The van der Waals surface area contributed by atoms with Crippen LogP contribution in [0.5, 0.6) is 0 Å². The molecule has 1 saturated heterocycles. The molecule has 1 aliphatic heterocycles. The first-order chi connectivity index (χ1) is 7.07. The minimum Gasteiger partial charge on any atom is -0.310 e. The van der Waals surface area contributed by atoms with Crippen LogP contribution in [0.3, 0.4) is 0 Å². The average Bonchev–Trinajstić information content (AvgIpc) is 2.69. The lowest BCUT2D eigenvalue weighted by atomic mass is 9.85. The Kier molecular flexibility index (Phi) is 2.83. The van der Waals surface area contributed by atoms with Gasteiger partial charge in [-0.2, -0.15) is 0 Å². The molecule has 0 saturated carbocycles. The molecule has 1 atom stereocenters. The lowest BCUT2D eigenvalue weighted by molar-refractivity contribution is 0.584. The number of nitrogens with one attached hydrogen (secondary N) is 1. The monoisotopic (exact) mass is 203 g/mol. The van der Waals surface area contributed by atoms with E-state index in [1.54, 1.807) is 0 Å². The van der Waals surface area contributed by atoms with Gasteiger partial charge < -0.3 is 5.32 Å². The van der Waals surface area contributed by atoms with Crippen molar-refractivity contribution in [1.82, 2.24) is 5.32 Å². The second kappa shape index (κ2) is 3.97. The van der Waals surface area contributed by atoms with Crippen molar-refractivity contribution >= 4 is 0 Å². The highest BCUT2D eigenvalue weighted by molar-refractivity contribution is 5.30. The van der Waals surface area contributed by atoms with E-state index in [0.717, 1.165) is 0 Å². The van der Waals surface area contributed by atoms with Crippen LogP contribution in [-0.4, -0.2) is 6.54 Å². The summed E-state index contributed by atoms with van der Waals surface area (Å²) in [4.78, 5) is 0. The molecule has 1 N–H and O–H groups in total. The zero-order chi connectivity index (χ0) is 10.9. The van der Waals surface area contributed by atoms with Gasteiger partial charge in [-0.25, -0.2) is 0 Å². The van der Waals surface area contributed by atoms with E-state index in [9.17, 15) is 0 Å². The molecule has 1 heteroatoms. The van der Waals surface area contributed by atoms with Crippen molar-refractivity contribution in [3.05, 3.63) is 35.4 Å².